The van der Waals surface area contributed by atoms with Gasteiger partial charge in [0.05, 0.1) is 0 Å². The Morgan fingerprint density at radius 2 is 2.00 bits per heavy atom. The predicted molar refractivity (Wildman–Crippen MR) is 88.0 cm³/mol. The number of hydrogen-bond donors (Lipinski definition) is 1. The summed E-state index contributed by atoms with van der Waals surface area (Å²) in [6, 6.07) is 10.1. The number of benzene rings is 1. The Labute approximate surface area is 138 Å². The maximum atomic E-state index is 12.1. The van der Waals surface area contributed by atoms with Gasteiger partial charge < -0.3 is 14.8 Å². The second-order valence-corrected chi connectivity index (χ2v) is 5.39. The minimum absolute atomic E-state index is 0.0835. The van der Waals surface area contributed by atoms with Gasteiger partial charge in [0, 0.05) is 0 Å². The summed E-state index contributed by atoms with van der Waals surface area (Å²) in [5.41, 5.74) is 1.52. The Kier molecular flexibility index (Phi) is 6.38. The summed E-state index contributed by atoms with van der Waals surface area (Å²) in [7, 11) is 0. The standard InChI is InChI=1S/C17H17NO4S/c1-2-9-21-16(19)15(14-8-10-23-12-14)18-17(20)22-11-13-6-4-3-5-7-13/h2-8,10,12,15H,1,9,11H2,(H,18,20)/t15-/m1/s1. The Morgan fingerprint density at radius 3 is 2.65 bits per heavy atom. The first-order valence-corrected chi connectivity index (χ1v) is 7.92. The van der Waals surface area contributed by atoms with E-state index >= 15 is 0 Å². The third-order valence-corrected chi connectivity index (χ3v) is 3.63. The van der Waals surface area contributed by atoms with E-state index in [9.17, 15) is 9.59 Å². The smallest absolute Gasteiger partial charge is 0.408 e. The van der Waals surface area contributed by atoms with E-state index in [1.54, 1.807) is 11.4 Å². The van der Waals surface area contributed by atoms with Crippen LogP contribution in [0.25, 0.3) is 0 Å². The molecule has 0 bridgehead atoms. The molecule has 0 aliphatic heterocycles. The molecule has 2 rings (SSSR count). The summed E-state index contributed by atoms with van der Waals surface area (Å²) in [6.45, 7) is 3.70. The molecule has 1 aromatic heterocycles. The van der Waals surface area contributed by atoms with E-state index in [2.05, 4.69) is 11.9 Å². The van der Waals surface area contributed by atoms with Gasteiger partial charge in [0.2, 0.25) is 0 Å². The van der Waals surface area contributed by atoms with Gasteiger partial charge in [0.15, 0.2) is 6.04 Å². The summed E-state index contributed by atoms with van der Waals surface area (Å²) in [5, 5.41) is 6.13. The third kappa shape index (κ3) is 5.27. The first kappa shape index (κ1) is 16.8. The largest absolute Gasteiger partial charge is 0.460 e. The van der Waals surface area contributed by atoms with Crippen LogP contribution >= 0.6 is 11.3 Å². The number of nitrogens with one attached hydrogen (secondary N) is 1. The van der Waals surface area contributed by atoms with Crippen molar-refractivity contribution in [1.29, 1.82) is 0 Å². The lowest BCUT2D eigenvalue weighted by atomic mass is 10.1. The molecule has 5 nitrogen and oxygen atoms in total. The van der Waals surface area contributed by atoms with Gasteiger partial charge in [-0.15, -0.1) is 0 Å². The molecule has 1 atom stereocenters. The van der Waals surface area contributed by atoms with Gasteiger partial charge in [0.1, 0.15) is 13.2 Å². The van der Waals surface area contributed by atoms with Crippen molar-refractivity contribution in [2.75, 3.05) is 6.61 Å². The highest BCUT2D eigenvalue weighted by molar-refractivity contribution is 7.08. The normalized spacial score (nSPS) is 11.3. The van der Waals surface area contributed by atoms with Crippen LogP contribution in [0.3, 0.4) is 0 Å². The van der Waals surface area contributed by atoms with E-state index in [4.69, 9.17) is 9.47 Å². The minimum Gasteiger partial charge on any atom is -0.460 e. The lowest BCUT2D eigenvalue weighted by molar-refractivity contribution is -0.145. The van der Waals surface area contributed by atoms with Crippen molar-refractivity contribution in [2.45, 2.75) is 12.6 Å². The Balaban J connectivity index is 1.95. The zero-order chi connectivity index (χ0) is 16.5. The lowest BCUT2D eigenvalue weighted by Gasteiger charge is -2.16. The Morgan fingerprint density at radius 1 is 1.22 bits per heavy atom. The molecule has 0 saturated carbocycles. The molecule has 0 aliphatic carbocycles. The van der Waals surface area contributed by atoms with Crippen molar-refractivity contribution < 1.29 is 19.1 Å². The Hall–Kier alpha value is -2.60. The van der Waals surface area contributed by atoms with Gasteiger partial charge in [-0.1, -0.05) is 43.0 Å². The molecule has 120 valence electrons. The summed E-state index contributed by atoms with van der Waals surface area (Å²) >= 11 is 1.43. The number of hydrogen-bond acceptors (Lipinski definition) is 5. The van der Waals surface area contributed by atoms with Gasteiger partial charge in [-0.3, -0.25) is 0 Å². The van der Waals surface area contributed by atoms with Crippen LogP contribution in [0.4, 0.5) is 4.79 Å². The number of ether oxygens (including phenoxy) is 2. The van der Waals surface area contributed by atoms with E-state index < -0.39 is 18.1 Å². The number of alkyl carbamates (subject to hydrolysis) is 1. The van der Waals surface area contributed by atoms with Crippen LogP contribution in [0, 0.1) is 0 Å². The summed E-state index contributed by atoms with van der Waals surface area (Å²) in [6.07, 6.45) is 0.789. The van der Waals surface area contributed by atoms with Crippen molar-refractivity contribution >= 4 is 23.4 Å². The third-order valence-electron chi connectivity index (χ3n) is 2.93. The van der Waals surface area contributed by atoms with Crippen LogP contribution < -0.4 is 5.32 Å². The van der Waals surface area contributed by atoms with Crippen LogP contribution in [-0.4, -0.2) is 18.7 Å². The average molecular weight is 331 g/mol. The van der Waals surface area contributed by atoms with Crippen LogP contribution in [0.5, 0.6) is 0 Å². The molecule has 23 heavy (non-hydrogen) atoms. The first-order valence-electron chi connectivity index (χ1n) is 6.97. The molecule has 0 radical (unpaired) electrons. The number of rotatable bonds is 7. The van der Waals surface area contributed by atoms with E-state index in [1.165, 1.54) is 17.4 Å². The van der Waals surface area contributed by atoms with Crippen molar-refractivity contribution in [3.63, 3.8) is 0 Å². The number of carbonyl (C=O) groups excluding carboxylic acids is 2. The van der Waals surface area contributed by atoms with E-state index in [0.717, 1.165) is 5.56 Å². The number of esters is 1. The van der Waals surface area contributed by atoms with Crippen molar-refractivity contribution in [2.24, 2.45) is 0 Å². The lowest BCUT2D eigenvalue weighted by Crippen LogP contribution is -2.35. The number of amides is 1. The van der Waals surface area contributed by atoms with E-state index in [-0.39, 0.29) is 13.2 Å². The van der Waals surface area contributed by atoms with Gasteiger partial charge in [-0.25, -0.2) is 9.59 Å². The quantitative estimate of drug-likeness (QED) is 0.623. The molecule has 1 N–H and O–H groups in total. The second kappa shape index (κ2) is 8.75. The summed E-state index contributed by atoms with van der Waals surface area (Å²) < 4.78 is 10.2. The van der Waals surface area contributed by atoms with Crippen LogP contribution in [0.2, 0.25) is 0 Å². The fourth-order valence-electron chi connectivity index (χ4n) is 1.82. The molecule has 0 fully saturated rings. The zero-order valence-corrected chi connectivity index (χ0v) is 13.3. The second-order valence-electron chi connectivity index (χ2n) is 4.61. The molecular weight excluding hydrogens is 314 g/mol. The fraction of sp³-hybridized carbons (Fsp3) is 0.176. The predicted octanol–water partition coefficient (Wildman–Crippen LogP) is 3.44. The SMILES string of the molecule is C=CCOC(=O)[C@H](NC(=O)OCc1ccccc1)c1ccsc1. The maximum absolute atomic E-state index is 12.1. The monoisotopic (exact) mass is 331 g/mol. The number of carbonyl (C=O) groups is 2. The molecule has 6 heteroatoms. The topological polar surface area (TPSA) is 64.6 Å². The van der Waals surface area contributed by atoms with E-state index in [0.29, 0.717) is 5.56 Å². The van der Waals surface area contributed by atoms with Crippen molar-refractivity contribution in [1.82, 2.24) is 5.32 Å². The van der Waals surface area contributed by atoms with Crippen molar-refractivity contribution in [3.8, 4) is 0 Å². The van der Waals surface area contributed by atoms with Gasteiger partial charge in [0.25, 0.3) is 0 Å². The van der Waals surface area contributed by atoms with Gasteiger partial charge in [-0.05, 0) is 28.0 Å². The molecule has 0 aliphatic rings. The van der Waals surface area contributed by atoms with E-state index in [1.807, 2.05) is 35.7 Å². The molecule has 2 aromatic rings. The molecule has 0 spiro atoms. The summed E-state index contributed by atoms with van der Waals surface area (Å²) in [4.78, 5) is 24.0. The Bertz CT molecular complexity index is 640. The van der Waals surface area contributed by atoms with Crippen LogP contribution in [0.1, 0.15) is 17.2 Å². The fourth-order valence-corrected chi connectivity index (χ4v) is 2.51. The molecule has 0 saturated heterocycles. The van der Waals surface area contributed by atoms with Crippen LogP contribution in [-0.2, 0) is 20.9 Å². The number of thiophene rings is 1. The highest BCUT2D eigenvalue weighted by atomic mass is 32.1. The van der Waals surface area contributed by atoms with Gasteiger partial charge >= 0.3 is 12.1 Å². The van der Waals surface area contributed by atoms with Gasteiger partial charge in [-0.2, -0.15) is 11.3 Å². The zero-order valence-electron chi connectivity index (χ0n) is 12.4. The average Bonchev–Trinajstić information content (AvgIpc) is 3.11. The maximum Gasteiger partial charge on any atom is 0.408 e. The summed E-state index contributed by atoms with van der Waals surface area (Å²) in [5.74, 6) is -0.556. The van der Waals surface area contributed by atoms with Crippen LogP contribution in [0.15, 0.2) is 59.8 Å². The molecule has 1 amide bonds. The molecule has 0 unspecified atom stereocenters. The molecular formula is C17H17NO4S. The highest BCUT2D eigenvalue weighted by Gasteiger charge is 2.25. The molecule has 1 aromatic carbocycles. The molecule has 1 heterocycles. The van der Waals surface area contributed by atoms with Crippen molar-refractivity contribution in [3.05, 3.63) is 70.9 Å². The highest BCUT2D eigenvalue weighted by Crippen LogP contribution is 2.18. The first-order chi connectivity index (χ1) is 11.2. The minimum atomic E-state index is -0.899.